The van der Waals surface area contributed by atoms with Gasteiger partial charge in [0, 0.05) is 23.5 Å². The summed E-state index contributed by atoms with van der Waals surface area (Å²) in [6, 6.07) is 21.4. The number of aryl methyl sites for hydroxylation is 3. The van der Waals surface area contributed by atoms with Crippen LogP contribution in [-0.2, 0) is 22.6 Å². The van der Waals surface area contributed by atoms with E-state index in [1.54, 1.807) is 4.90 Å². The van der Waals surface area contributed by atoms with Crippen molar-refractivity contribution in [1.29, 1.82) is 0 Å². The van der Waals surface area contributed by atoms with Gasteiger partial charge in [0.05, 0.1) is 0 Å². The average Bonchev–Trinajstić information content (AvgIpc) is 3.41. The highest BCUT2D eigenvalue weighted by Gasteiger charge is 2.32. The first-order valence-corrected chi connectivity index (χ1v) is 14.2. The molecule has 5 nitrogen and oxygen atoms in total. The molecule has 38 heavy (non-hydrogen) atoms. The monoisotopic (exact) mass is 576 g/mol. The lowest BCUT2D eigenvalue weighted by Gasteiger charge is -2.32. The van der Waals surface area contributed by atoms with Gasteiger partial charge in [0.2, 0.25) is 5.91 Å². The first-order chi connectivity index (χ1) is 18.3. The minimum atomic E-state index is -0.650. The van der Waals surface area contributed by atoms with Crippen LogP contribution in [0.5, 0.6) is 5.75 Å². The summed E-state index contributed by atoms with van der Waals surface area (Å²) >= 11 is 3.59. The molecule has 6 heteroatoms. The van der Waals surface area contributed by atoms with Gasteiger partial charge in [-0.05, 0) is 68.0 Å². The van der Waals surface area contributed by atoms with Crippen LogP contribution in [0.2, 0.25) is 0 Å². The van der Waals surface area contributed by atoms with Crippen LogP contribution in [0.1, 0.15) is 53.5 Å². The standard InChI is InChI=1S/C32H37BrN2O3/c1-22-10-9-13-26(16-22)20-35(30(36)21-38-28-17-23(2)31(33)24(3)18-28)29(19-25-11-5-4-6-12-25)32(37)34-27-14-7-8-15-27/h4-6,9-13,16-18,27,29H,7-8,14-15,19-21H2,1-3H3,(H,34,37)/t29-/m1/s1. The van der Waals surface area contributed by atoms with Crippen LogP contribution in [0.15, 0.2) is 71.2 Å². The van der Waals surface area contributed by atoms with Gasteiger partial charge in [-0.3, -0.25) is 9.59 Å². The smallest absolute Gasteiger partial charge is 0.261 e. The number of amides is 2. The van der Waals surface area contributed by atoms with Crippen LogP contribution in [0.3, 0.4) is 0 Å². The van der Waals surface area contributed by atoms with Crippen molar-refractivity contribution in [3.63, 3.8) is 0 Å². The van der Waals surface area contributed by atoms with Gasteiger partial charge < -0.3 is 15.0 Å². The molecule has 1 aliphatic rings. The number of carbonyl (C=O) groups excluding carboxylic acids is 2. The SMILES string of the molecule is Cc1cccc(CN(C(=O)COc2cc(C)c(Br)c(C)c2)[C@H](Cc2ccccc2)C(=O)NC2CCCC2)c1. The number of carbonyl (C=O) groups is 2. The Kier molecular flexibility index (Phi) is 9.62. The minimum Gasteiger partial charge on any atom is -0.484 e. The zero-order valence-electron chi connectivity index (χ0n) is 22.5. The predicted octanol–water partition coefficient (Wildman–Crippen LogP) is 6.45. The molecule has 0 heterocycles. The van der Waals surface area contributed by atoms with Crippen molar-refractivity contribution in [3.8, 4) is 5.75 Å². The molecule has 4 rings (SSSR count). The molecule has 1 saturated carbocycles. The van der Waals surface area contributed by atoms with E-state index in [0.717, 1.165) is 58.0 Å². The Morgan fingerprint density at radius 3 is 2.26 bits per heavy atom. The van der Waals surface area contributed by atoms with Gasteiger partial charge in [-0.15, -0.1) is 0 Å². The number of ether oxygens (including phenoxy) is 1. The Hall–Kier alpha value is -3.12. The van der Waals surface area contributed by atoms with Gasteiger partial charge in [-0.2, -0.15) is 0 Å². The highest BCUT2D eigenvalue weighted by molar-refractivity contribution is 9.10. The summed E-state index contributed by atoms with van der Waals surface area (Å²) in [5, 5.41) is 3.25. The first-order valence-electron chi connectivity index (χ1n) is 13.4. The molecule has 0 bridgehead atoms. The number of benzene rings is 3. The molecule has 2 amide bonds. The zero-order valence-corrected chi connectivity index (χ0v) is 24.1. The van der Waals surface area contributed by atoms with Gasteiger partial charge in [-0.25, -0.2) is 0 Å². The minimum absolute atomic E-state index is 0.0999. The largest absolute Gasteiger partial charge is 0.484 e. The van der Waals surface area contributed by atoms with Gasteiger partial charge in [-0.1, -0.05) is 88.9 Å². The Balaban J connectivity index is 1.62. The lowest BCUT2D eigenvalue weighted by molar-refractivity contribution is -0.143. The Labute approximate surface area is 234 Å². The maximum absolute atomic E-state index is 13.8. The van der Waals surface area contributed by atoms with E-state index in [0.29, 0.717) is 18.7 Å². The first kappa shape index (κ1) is 27.9. The molecule has 3 aromatic carbocycles. The van der Waals surface area contributed by atoms with E-state index in [4.69, 9.17) is 4.74 Å². The maximum Gasteiger partial charge on any atom is 0.261 e. The molecular weight excluding hydrogens is 540 g/mol. The molecule has 0 unspecified atom stereocenters. The van der Waals surface area contributed by atoms with E-state index in [9.17, 15) is 9.59 Å². The van der Waals surface area contributed by atoms with Crippen molar-refractivity contribution in [2.45, 2.75) is 71.5 Å². The highest BCUT2D eigenvalue weighted by atomic mass is 79.9. The summed E-state index contributed by atoms with van der Waals surface area (Å²) < 4.78 is 7.03. The van der Waals surface area contributed by atoms with E-state index in [-0.39, 0.29) is 24.5 Å². The third-order valence-electron chi connectivity index (χ3n) is 7.18. The van der Waals surface area contributed by atoms with Gasteiger partial charge in [0.15, 0.2) is 6.61 Å². The number of hydrogen-bond donors (Lipinski definition) is 1. The van der Waals surface area contributed by atoms with Crippen LogP contribution >= 0.6 is 15.9 Å². The van der Waals surface area contributed by atoms with Crippen molar-refractivity contribution < 1.29 is 14.3 Å². The predicted molar refractivity (Wildman–Crippen MR) is 155 cm³/mol. The molecule has 1 aliphatic carbocycles. The maximum atomic E-state index is 13.8. The molecule has 200 valence electrons. The Bertz CT molecular complexity index is 1230. The summed E-state index contributed by atoms with van der Waals surface area (Å²) in [7, 11) is 0. The topological polar surface area (TPSA) is 58.6 Å². The molecule has 3 aromatic rings. The summed E-state index contributed by atoms with van der Waals surface area (Å²) in [6.07, 6.45) is 4.66. The van der Waals surface area contributed by atoms with E-state index in [1.165, 1.54) is 0 Å². The third-order valence-corrected chi connectivity index (χ3v) is 8.43. The lowest BCUT2D eigenvalue weighted by Crippen LogP contribution is -2.53. The van der Waals surface area contributed by atoms with E-state index < -0.39 is 6.04 Å². The van der Waals surface area contributed by atoms with Gasteiger partial charge >= 0.3 is 0 Å². The van der Waals surface area contributed by atoms with Gasteiger partial charge in [0.1, 0.15) is 11.8 Å². The van der Waals surface area contributed by atoms with Crippen LogP contribution < -0.4 is 10.1 Å². The van der Waals surface area contributed by atoms with Gasteiger partial charge in [0.25, 0.3) is 5.91 Å². The molecule has 0 aliphatic heterocycles. The van der Waals surface area contributed by atoms with Crippen molar-refractivity contribution in [2.75, 3.05) is 6.61 Å². The van der Waals surface area contributed by atoms with Crippen LogP contribution in [-0.4, -0.2) is 35.4 Å². The fraction of sp³-hybridized carbons (Fsp3) is 0.375. The number of nitrogens with zero attached hydrogens (tertiary/aromatic N) is 1. The zero-order chi connectivity index (χ0) is 27.1. The Morgan fingerprint density at radius 2 is 1.61 bits per heavy atom. The fourth-order valence-corrected chi connectivity index (χ4v) is 5.38. The molecule has 0 radical (unpaired) electrons. The highest BCUT2D eigenvalue weighted by Crippen LogP contribution is 2.27. The lowest BCUT2D eigenvalue weighted by atomic mass is 10.0. The number of nitrogens with one attached hydrogen (secondary N) is 1. The molecule has 0 saturated heterocycles. The van der Waals surface area contributed by atoms with E-state index in [2.05, 4.69) is 27.3 Å². The fourth-order valence-electron chi connectivity index (χ4n) is 5.15. The molecule has 1 N–H and O–H groups in total. The van der Waals surface area contributed by atoms with Crippen LogP contribution in [0.25, 0.3) is 0 Å². The van der Waals surface area contributed by atoms with E-state index >= 15 is 0 Å². The van der Waals surface area contributed by atoms with Crippen molar-refractivity contribution >= 4 is 27.7 Å². The quantitative estimate of drug-likeness (QED) is 0.301. The number of hydrogen-bond acceptors (Lipinski definition) is 3. The molecule has 1 fully saturated rings. The van der Waals surface area contributed by atoms with Crippen LogP contribution in [0, 0.1) is 20.8 Å². The van der Waals surface area contributed by atoms with Crippen molar-refractivity contribution in [3.05, 3.63) is 99.0 Å². The summed E-state index contributed by atoms with van der Waals surface area (Å²) in [6.45, 7) is 6.22. The van der Waals surface area contributed by atoms with Crippen molar-refractivity contribution in [2.24, 2.45) is 0 Å². The average molecular weight is 578 g/mol. The summed E-state index contributed by atoms with van der Waals surface area (Å²) in [5.41, 5.74) is 5.20. The second-order valence-electron chi connectivity index (χ2n) is 10.4. The molecule has 1 atom stereocenters. The molecular formula is C32H37BrN2O3. The second kappa shape index (κ2) is 13.1. The Morgan fingerprint density at radius 1 is 0.947 bits per heavy atom. The van der Waals surface area contributed by atoms with E-state index in [1.807, 2.05) is 81.4 Å². The molecule has 0 aromatic heterocycles. The summed E-state index contributed by atoms with van der Waals surface area (Å²) in [5.74, 6) is 0.325. The molecule has 0 spiro atoms. The normalized spacial score (nSPS) is 14.2. The number of halogens is 1. The van der Waals surface area contributed by atoms with Crippen molar-refractivity contribution in [1.82, 2.24) is 10.2 Å². The number of rotatable bonds is 10. The second-order valence-corrected chi connectivity index (χ2v) is 11.2. The third kappa shape index (κ3) is 7.47. The van der Waals surface area contributed by atoms with Crippen LogP contribution in [0.4, 0.5) is 0 Å². The summed E-state index contributed by atoms with van der Waals surface area (Å²) in [4.78, 5) is 29.3.